The molecule has 6 rings (SSSR count). The summed E-state index contributed by atoms with van der Waals surface area (Å²) in [4.78, 5) is 15.2. The molecule has 0 saturated heterocycles. The molecule has 4 aromatic rings. The van der Waals surface area contributed by atoms with E-state index < -0.39 is 11.0 Å². The van der Waals surface area contributed by atoms with Gasteiger partial charge in [-0.15, -0.1) is 0 Å². The van der Waals surface area contributed by atoms with Crippen LogP contribution < -0.4 is 10.6 Å². The van der Waals surface area contributed by atoms with Gasteiger partial charge in [0, 0.05) is 0 Å². The van der Waals surface area contributed by atoms with E-state index in [1.54, 1.807) is 0 Å². The van der Waals surface area contributed by atoms with Gasteiger partial charge in [-0.05, 0) is 0 Å². The Labute approximate surface area is 367 Å². The van der Waals surface area contributed by atoms with Crippen molar-refractivity contribution >= 4 is 64.4 Å². The number of hydrogen-bond donors (Lipinski definition) is 2. The molecule has 0 aliphatic carbocycles. The number of rotatable bonds is 24. The molecule has 2 heterocycles. The molecular formula is C50H74GeN6S2. The first kappa shape index (κ1) is 46.0. The second-order valence-electron chi connectivity index (χ2n) is 18.1. The number of nitrogens with one attached hydrogen (secondary N) is 2. The van der Waals surface area contributed by atoms with Crippen LogP contribution in [0.15, 0.2) is 94.9 Å². The zero-order valence-electron chi connectivity index (χ0n) is 37.6. The van der Waals surface area contributed by atoms with Crippen molar-refractivity contribution in [3.8, 4) is 0 Å². The standard InChI is InChI=1S/C50H74GeN6S2/c1-37(2)23-25-51(26-24-38(3)4,58-39(5)35-52-27-31-56-33-29-54-49(56)41(7)45-21-13-17-43-15-9-11-19-47(43)45)59-40(6)36-53-28-32-57-34-30-55-50(57)42(8)46-22-14-18-44-16-10-12-20-48(44)46/h9-22,37-42,52-53H,23-36H2,1-8H3. The molecule has 4 unspecified atom stereocenters. The minimum absolute atomic E-state index is 0.290. The van der Waals surface area contributed by atoms with Gasteiger partial charge >= 0.3 is 321 Å². The predicted octanol–water partition coefficient (Wildman–Crippen LogP) is 11.3. The Balaban J connectivity index is 0.999. The van der Waals surface area contributed by atoms with Crippen molar-refractivity contribution in [1.82, 2.24) is 20.4 Å². The van der Waals surface area contributed by atoms with Gasteiger partial charge in [-0.25, -0.2) is 0 Å². The first-order valence-corrected chi connectivity index (χ1v) is 32.7. The summed E-state index contributed by atoms with van der Waals surface area (Å²) in [6, 6.07) is 31.0. The van der Waals surface area contributed by atoms with Gasteiger partial charge < -0.3 is 0 Å². The van der Waals surface area contributed by atoms with Gasteiger partial charge in [0.05, 0.1) is 0 Å². The average Bonchev–Trinajstić information content (AvgIpc) is 3.91. The van der Waals surface area contributed by atoms with Gasteiger partial charge in [0.15, 0.2) is 0 Å². The Kier molecular flexibility index (Phi) is 17.6. The Morgan fingerprint density at radius 2 is 0.966 bits per heavy atom. The topological polar surface area (TPSA) is 55.3 Å². The molecule has 6 nitrogen and oxygen atoms in total. The minimum atomic E-state index is -2.36. The van der Waals surface area contributed by atoms with Crippen molar-refractivity contribution in [2.45, 2.75) is 101 Å². The van der Waals surface area contributed by atoms with Crippen LogP contribution >= 0.6 is 20.2 Å². The van der Waals surface area contributed by atoms with E-state index in [-0.39, 0.29) is 11.8 Å². The molecule has 320 valence electrons. The van der Waals surface area contributed by atoms with E-state index in [1.807, 2.05) is 0 Å². The quantitative estimate of drug-likeness (QED) is 0.0540. The first-order valence-electron chi connectivity index (χ1n) is 22.8. The van der Waals surface area contributed by atoms with Crippen LogP contribution in [0.3, 0.4) is 0 Å². The first-order chi connectivity index (χ1) is 28.5. The third kappa shape index (κ3) is 12.8. The Bertz CT molecular complexity index is 1830. The molecule has 2 aliphatic heterocycles. The number of benzene rings is 4. The summed E-state index contributed by atoms with van der Waals surface area (Å²) in [5, 5.41) is 17.3. The molecule has 0 saturated carbocycles. The van der Waals surface area contributed by atoms with Crippen LogP contribution in [0.5, 0.6) is 0 Å². The third-order valence-electron chi connectivity index (χ3n) is 12.3. The maximum atomic E-state index is 5.04. The fourth-order valence-electron chi connectivity index (χ4n) is 9.07. The van der Waals surface area contributed by atoms with Crippen molar-refractivity contribution in [3.05, 3.63) is 96.1 Å². The third-order valence-corrected chi connectivity index (χ3v) is 36.4. The van der Waals surface area contributed by atoms with E-state index in [9.17, 15) is 0 Å². The van der Waals surface area contributed by atoms with Crippen LogP contribution in [0, 0.1) is 11.8 Å². The fraction of sp³-hybridized carbons (Fsp3) is 0.560. The molecule has 0 bridgehead atoms. The van der Waals surface area contributed by atoms with Gasteiger partial charge in [0.25, 0.3) is 0 Å². The number of hydrogen-bond acceptors (Lipinski definition) is 8. The van der Waals surface area contributed by atoms with E-state index in [0.717, 1.165) is 77.3 Å². The second-order valence-corrected chi connectivity index (χ2v) is 38.5. The van der Waals surface area contributed by atoms with Crippen LogP contribution in [0.2, 0.25) is 10.5 Å². The molecule has 0 fully saturated rings. The van der Waals surface area contributed by atoms with Crippen LogP contribution in [0.4, 0.5) is 0 Å². The molecule has 4 aromatic carbocycles. The van der Waals surface area contributed by atoms with E-state index in [1.165, 1.54) is 67.7 Å². The monoisotopic (exact) mass is 896 g/mol. The summed E-state index contributed by atoms with van der Waals surface area (Å²) in [5.74, 6) is 4.59. The zero-order chi connectivity index (χ0) is 41.8. The van der Waals surface area contributed by atoms with Crippen molar-refractivity contribution in [3.63, 3.8) is 0 Å². The Hall–Kier alpha value is -2.50. The Morgan fingerprint density at radius 3 is 1.39 bits per heavy atom. The summed E-state index contributed by atoms with van der Waals surface area (Å²) < 4.78 is 0. The van der Waals surface area contributed by atoms with Gasteiger partial charge in [-0.1, -0.05) is 48.5 Å². The van der Waals surface area contributed by atoms with E-state index in [2.05, 4.69) is 181 Å². The maximum absolute atomic E-state index is 5.04. The Morgan fingerprint density at radius 1 is 0.559 bits per heavy atom. The van der Waals surface area contributed by atoms with E-state index in [0.29, 0.717) is 10.5 Å². The van der Waals surface area contributed by atoms with E-state index >= 15 is 0 Å². The molecule has 0 aromatic heterocycles. The van der Waals surface area contributed by atoms with Crippen LogP contribution in [-0.2, 0) is 0 Å². The molecule has 59 heavy (non-hydrogen) atoms. The summed E-state index contributed by atoms with van der Waals surface area (Å²) in [7, 11) is 2.54. The van der Waals surface area contributed by atoms with Gasteiger partial charge in [-0.2, -0.15) is 0 Å². The average molecular weight is 896 g/mol. The molecule has 9 heteroatoms. The summed E-state index contributed by atoms with van der Waals surface area (Å²) in [6.45, 7) is 29.4. The molecule has 0 radical (unpaired) electrons. The molecule has 2 N–H and O–H groups in total. The second kappa shape index (κ2) is 22.6. The molecule has 2 aliphatic rings. The van der Waals surface area contributed by atoms with Gasteiger partial charge in [0.1, 0.15) is 0 Å². The number of fused-ring (bicyclic) bond motifs is 2. The molecule has 0 spiro atoms. The number of amidine groups is 2. The van der Waals surface area contributed by atoms with Crippen molar-refractivity contribution in [1.29, 1.82) is 0 Å². The summed E-state index contributed by atoms with van der Waals surface area (Å²) in [6.07, 6.45) is 2.71. The molecular weight excluding hydrogens is 821 g/mol. The van der Waals surface area contributed by atoms with Crippen LogP contribution in [0.25, 0.3) is 21.5 Å². The van der Waals surface area contributed by atoms with Crippen molar-refractivity contribution in [2.75, 3.05) is 65.4 Å². The number of nitrogens with zero attached hydrogens (tertiary/aromatic N) is 4. The normalized spacial score (nSPS) is 17.0. The summed E-state index contributed by atoms with van der Waals surface area (Å²) >= 11 is 0. The van der Waals surface area contributed by atoms with Crippen LogP contribution in [0.1, 0.15) is 91.2 Å². The SMILES string of the molecule is CC(C)C[CH2][Ge]([CH2]CC(C)C)([S]C(C)CNCCN1CCN=C1C(C)c1cccc2ccccc12)[S]C(C)CNCCN1CCN=C1C(C)c1cccc2ccccc12. The predicted molar refractivity (Wildman–Crippen MR) is 267 cm³/mol. The summed E-state index contributed by atoms with van der Waals surface area (Å²) in [5.41, 5.74) is 2.77. The van der Waals surface area contributed by atoms with Gasteiger partial charge in [-0.3, -0.25) is 0 Å². The van der Waals surface area contributed by atoms with Gasteiger partial charge in [0.2, 0.25) is 0 Å². The fourth-order valence-corrected chi connectivity index (χ4v) is 38.3. The molecule has 0 amide bonds. The van der Waals surface area contributed by atoms with E-state index in [4.69, 9.17) is 9.98 Å². The zero-order valence-corrected chi connectivity index (χ0v) is 41.3. The molecule has 4 atom stereocenters. The number of aliphatic imine (C=N–C) groups is 2. The van der Waals surface area contributed by atoms with Crippen LogP contribution in [-0.4, -0.2) is 108 Å². The van der Waals surface area contributed by atoms with Crippen molar-refractivity contribution in [2.24, 2.45) is 21.8 Å². The van der Waals surface area contributed by atoms with Crippen molar-refractivity contribution < 1.29 is 0 Å².